The molecule has 0 unspecified atom stereocenters. The van der Waals surface area contributed by atoms with Crippen molar-refractivity contribution >= 4 is 22.0 Å². The van der Waals surface area contributed by atoms with Crippen molar-refractivity contribution in [3.05, 3.63) is 11.5 Å². The number of unbranched alkanes of at least 4 members (excludes halogenated alkanes) is 1. The van der Waals surface area contributed by atoms with Crippen LogP contribution in [0.5, 0.6) is 5.75 Å². The predicted molar refractivity (Wildman–Crippen MR) is 112 cm³/mol. The van der Waals surface area contributed by atoms with Crippen LogP contribution in [0.1, 0.15) is 74.5 Å². The molecule has 0 aromatic carbocycles. The highest BCUT2D eigenvalue weighted by atomic mass is 32.2. The fourth-order valence-corrected chi connectivity index (χ4v) is 4.49. The zero-order valence-corrected chi connectivity index (χ0v) is 18.8. The molecule has 2 rings (SSSR count). The average molecular weight is 461 g/mol. The molecule has 1 aliphatic rings. The molecule has 0 radical (unpaired) electrons. The maximum Gasteiger partial charge on any atom is 0.388 e. The molecule has 0 amide bonds. The van der Waals surface area contributed by atoms with E-state index < -0.39 is 34.5 Å². The Balaban J connectivity index is 2.01. The molecular formula is C19H32N4O7S. The van der Waals surface area contributed by atoms with Crippen LogP contribution in [0.2, 0.25) is 0 Å². The van der Waals surface area contributed by atoms with Crippen LogP contribution in [0.4, 0.5) is 0 Å². The number of piperidine rings is 1. The van der Waals surface area contributed by atoms with E-state index in [1.807, 2.05) is 13.8 Å². The van der Waals surface area contributed by atoms with Gasteiger partial charge in [-0.3, -0.25) is 4.79 Å². The zero-order chi connectivity index (χ0) is 22.9. The lowest BCUT2D eigenvalue weighted by Gasteiger charge is -2.21. The molecule has 0 bridgehead atoms. The second-order valence-electron chi connectivity index (χ2n) is 7.46. The summed E-state index contributed by atoms with van der Waals surface area (Å²) < 4.78 is 41.6. The largest absolute Gasteiger partial charge is 0.487 e. The molecule has 31 heavy (non-hydrogen) atoms. The number of rotatable bonds is 12. The van der Waals surface area contributed by atoms with E-state index in [1.165, 1.54) is 0 Å². The molecule has 1 atom stereocenters. The Morgan fingerprint density at radius 3 is 2.65 bits per heavy atom. The fourth-order valence-electron chi connectivity index (χ4n) is 3.16. The number of nitrogens with zero attached hydrogens (tertiary/aromatic N) is 1. The van der Waals surface area contributed by atoms with Crippen molar-refractivity contribution in [3.63, 3.8) is 0 Å². The minimum atomic E-state index is -3.62. The standard InChI is InChI=1S/C19H32N4O7S/c1-3-5-11-31(26,27)23-14(20)12-15(24)29-19(25)18-17(28-10-4-2)16(22-30-18)13-6-8-21-9-7-13/h13-14,21,23H,3-12,20H2,1-2H3/t14-/m0/s1. The number of carbonyl (C=O) groups excluding carboxylic acids is 2. The number of sulfonamides is 1. The molecule has 4 N–H and O–H groups in total. The highest BCUT2D eigenvalue weighted by molar-refractivity contribution is 7.89. The van der Waals surface area contributed by atoms with Crippen LogP contribution in [0.25, 0.3) is 0 Å². The molecule has 11 nitrogen and oxygen atoms in total. The smallest absolute Gasteiger partial charge is 0.388 e. The molecule has 1 aliphatic heterocycles. The van der Waals surface area contributed by atoms with E-state index in [0.717, 1.165) is 25.9 Å². The summed E-state index contributed by atoms with van der Waals surface area (Å²) in [6, 6.07) is 0. The lowest BCUT2D eigenvalue weighted by molar-refractivity contribution is -0.138. The summed E-state index contributed by atoms with van der Waals surface area (Å²) in [7, 11) is -3.62. The van der Waals surface area contributed by atoms with E-state index in [2.05, 4.69) is 15.2 Å². The Labute approximate surface area is 182 Å². The third kappa shape index (κ3) is 7.87. The molecule has 0 spiro atoms. The Morgan fingerprint density at radius 1 is 1.29 bits per heavy atom. The van der Waals surface area contributed by atoms with Gasteiger partial charge in [-0.2, -0.15) is 4.72 Å². The van der Waals surface area contributed by atoms with E-state index in [-0.39, 0.29) is 23.2 Å². The van der Waals surface area contributed by atoms with Crippen molar-refractivity contribution < 1.29 is 32.0 Å². The second kappa shape index (κ2) is 12.1. The summed E-state index contributed by atoms with van der Waals surface area (Å²) in [6.07, 6.45) is 1.78. The van der Waals surface area contributed by atoms with Gasteiger partial charge in [-0.25, -0.2) is 13.2 Å². The number of ether oxygens (including phenoxy) is 2. The number of nitrogens with one attached hydrogen (secondary N) is 2. The van der Waals surface area contributed by atoms with Crippen molar-refractivity contribution in [3.8, 4) is 5.75 Å². The van der Waals surface area contributed by atoms with E-state index in [4.69, 9.17) is 19.7 Å². The van der Waals surface area contributed by atoms with Gasteiger partial charge in [-0.05, 0) is 38.8 Å². The molecule has 2 heterocycles. The molecular weight excluding hydrogens is 428 g/mol. The summed E-state index contributed by atoms with van der Waals surface area (Å²) in [5.74, 6) is -2.16. The van der Waals surface area contributed by atoms with Crippen LogP contribution in [0.3, 0.4) is 0 Å². The summed E-state index contributed by atoms with van der Waals surface area (Å²) >= 11 is 0. The number of hydrogen-bond acceptors (Lipinski definition) is 10. The van der Waals surface area contributed by atoms with Crippen molar-refractivity contribution in [2.75, 3.05) is 25.4 Å². The highest BCUT2D eigenvalue weighted by Crippen LogP contribution is 2.35. The van der Waals surface area contributed by atoms with E-state index in [1.54, 1.807) is 0 Å². The van der Waals surface area contributed by atoms with Gasteiger partial charge in [0.2, 0.25) is 10.0 Å². The molecule has 1 fully saturated rings. The summed E-state index contributed by atoms with van der Waals surface area (Å²) in [5, 5.41) is 7.25. The van der Waals surface area contributed by atoms with Gasteiger partial charge in [0, 0.05) is 5.92 Å². The Kier molecular flexibility index (Phi) is 9.88. The Hall–Kier alpha value is -2.02. The molecule has 0 aliphatic carbocycles. The lowest BCUT2D eigenvalue weighted by Crippen LogP contribution is -2.44. The van der Waals surface area contributed by atoms with Gasteiger partial charge in [0.15, 0.2) is 5.75 Å². The minimum Gasteiger partial charge on any atom is -0.487 e. The van der Waals surface area contributed by atoms with Crippen LogP contribution in [-0.4, -0.2) is 57.1 Å². The zero-order valence-electron chi connectivity index (χ0n) is 18.0. The van der Waals surface area contributed by atoms with E-state index >= 15 is 0 Å². The van der Waals surface area contributed by atoms with Crippen LogP contribution in [0.15, 0.2) is 4.52 Å². The molecule has 1 aromatic rings. The maximum absolute atomic E-state index is 12.5. The molecule has 12 heteroatoms. The minimum absolute atomic E-state index is 0.0695. The maximum atomic E-state index is 12.5. The first-order valence-corrected chi connectivity index (χ1v) is 12.3. The number of carbonyl (C=O) groups is 2. The van der Waals surface area contributed by atoms with Crippen LogP contribution in [-0.2, 0) is 19.6 Å². The van der Waals surface area contributed by atoms with Crippen molar-refractivity contribution in [2.45, 2.75) is 64.5 Å². The number of esters is 2. The van der Waals surface area contributed by atoms with E-state index in [0.29, 0.717) is 31.6 Å². The third-order valence-corrected chi connectivity index (χ3v) is 6.21. The SMILES string of the molecule is CCCCS(=O)(=O)N[C@H](N)CC(=O)OC(=O)c1onc(C2CCNCC2)c1OCCC. The highest BCUT2D eigenvalue weighted by Gasteiger charge is 2.32. The quantitative estimate of drug-likeness (QED) is 0.233. The fraction of sp³-hybridized carbons (Fsp3) is 0.737. The normalized spacial score (nSPS) is 16.1. The van der Waals surface area contributed by atoms with Gasteiger partial charge in [-0.1, -0.05) is 25.4 Å². The van der Waals surface area contributed by atoms with Gasteiger partial charge < -0.3 is 25.0 Å². The summed E-state index contributed by atoms with van der Waals surface area (Å²) in [5.41, 5.74) is 6.21. The number of nitrogens with two attached hydrogens (primary N) is 1. The second-order valence-corrected chi connectivity index (χ2v) is 9.33. The van der Waals surface area contributed by atoms with Crippen LogP contribution in [0, 0.1) is 0 Å². The molecule has 1 aromatic heterocycles. The summed E-state index contributed by atoms with van der Waals surface area (Å²) in [4.78, 5) is 24.6. The van der Waals surface area contributed by atoms with Crippen LogP contribution < -0.4 is 20.5 Å². The van der Waals surface area contributed by atoms with Gasteiger partial charge in [0.25, 0.3) is 5.76 Å². The van der Waals surface area contributed by atoms with Crippen LogP contribution >= 0.6 is 0 Å². The van der Waals surface area contributed by atoms with E-state index in [9.17, 15) is 18.0 Å². The molecule has 176 valence electrons. The topological polar surface area (TPSA) is 163 Å². The number of hydrogen-bond donors (Lipinski definition) is 3. The summed E-state index contributed by atoms with van der Waals surface area (Å²) in [6.45, 7) is 5.75. The van der Waals surface area contributed by atoms with Crippen molar-refractivity contribution in [2.24, 2.45) is 5.73 Å². The predicted octanol–water partition coefficient (Wildman–Crippen LogP) is 1.01. The molecule has 1 saturated heterocycles. The Bertz CT molecular complexity index is 834. The third-order valence-electron chi connectivity index (χ3n) is 4.73. The van der Waals surface area contributed by atoms with Gasteiger partial charge in [0.05, 0.1) is 24.9 Å². The average Bonchev–Trinajstić information content (AvgIpc) is 3.14. The van der Waals surface area contributed by atoms with Gasteiger partial charge >= 0.3 is 11.9 Å². The first-order chi connectivity index (χ1) is 14.8. The molecule has 0 saturated carbocycles. The van der Waals surface area contributed by atoms with Crippen molar-refractivity contribution in [1.82, 2.24) is 15.2 Å². The number of aromatic nitrogens is 1. The lowest BCUT2D eigenvalue weighted by atomic mass is 9.94. The monoisotopic (exact) mass is 460 g/mol. The Morgan fingerprint density at radius 2 is 2.00 bits per heavy atom. The van der Waals surface area contributed by atoms with Crippen molar-refractivity contribution in [1.29, 1.82) is 0 Å². The van der Waals surface area contributed by atoms with Gasteiger partial charge in [0.1, 0.15) is 5.69 Å². The first-order valence-electron chi connectivity index (χ1n) is 10.6. The van der Waals surface area contributed by atoms with Gasteiger partial charge in [-0.15, -0.1) is 0 Å². The first kappa shape index (κ1) is 25.2.